The molecule has 6 heterocycles. The zero-order valence-electron chi connectivity index (χ0n) is 36.9. The van der Waals surface area contributed by atoms with E-state index in [1.54, 1.807) is 11.0 Å². The number of phenolic OH excluding ortho intramolecular Hbond substituents is 1. The summed E-state index contributed by atoms with van der Waals surface area (Å²) in [4.78, 5) is 63.4. The molecule has 16 heteroatoms. The van der Waals surface area contributed by atoms with Gasteiger partial charge in [-0.25, -0.2) is 13.2 Å². The van der Waals surface area contributed by atoms with Crippen LogP contribution in [0.3, 0.4) is 0 Å². The van der Waals surface area contributed by atoms with Crippen molar-refractivity contribution in [1.82, 2.24) is 20.0 Å². The van der Waals surface area contributed by atoms with Crippen molar-refractivity contribution in [3.63, 3.8) is 0 Å². The van der Waals surface area contributed by atoms with Crippen LogP contribution in [-0.4, -0.2) is 122 Å². The van der Waals surface area contributed by atoms with Gasteiger partial charge in [-0.3, -0.25) is 34.3 Å². The Balaban J connectivity index is 0.764. The molecule has 0 radical (unpaired) electrons. The van der Waals surface area contributed by atoms with Gasteiger partial charge in [-0.05, 0) is 80.7 Å². The fourth-order valence-corrected chi connectivity index (χ4v) is 11.5. The smallest absolute Gasteiger partial charge is 0.255 e. The maximum absolute atomic E-state index is 16.3. The van der Waals surface area contributed by atoms with E-state index in [2.05, 4.69) is 26.1 Å². The number of β-lactam (4-membered cyclic amide) rings is 1. The van der Waals surface area contributed by atoms with Crippen LogP contribution < -0.4 is 24.8 Å². The number of nitrogens with one attached hydrogen (secondary N) is 1. The summed E-state index contributed by atoms with van der Waals surface area (Å²) < 4.78 is 51.0. The van der Waals surface area contributed by atoms with E-state index in [0.29, 0.717) is 79.5 Å². The first-order valence-electron chi connectivity index (χ1n) is 23.0. The number of benzene rings is 3. The Kier molecular flexibility index (Phi) is 12.0. The van der Waals surface area contributed by atoms with Gasteiger partial charge in [-0.1, -0.05) is 13.8 Å². The molecule has 342 valence electrons. The minimum Gasteiger partial charge on any atom is -0.503 e. The van der Waals surface area contributed by atoms with Gasteiger partial charge in [0.2, 0.25) is 17.7 Å². The van der Waals surface area contributed by atoms with Crippen molar-refractivity contribution in [3.05, 3.63) is 76.6 Å². The lowest BCUT2D eigenvalue weighted by atomic mass is 9.64. The second kappa shape index (κ2) is 17.6. The fourth-order valence-electron chi connectivity index (χ4n) is 11.5. The molecule has 64 heavy (non-hydrogen) atoms. The molecule has 0 aromatic heterocycles. The Morgan fingerprint density at radius 3 is 2.17 bits per heavy atom. The molecule has 3 aromatic rings. The van der Waals surface area contributed by atoms with E-state index in [1.165, 1.54) is 18.1 Å². The maximum Gasteiger partial charge on any atom is 0.255 e. The Hall–Kier alpha value is -5.35. The van der Waals surface area contributed by atoms with Crippen LogP contribution in [0.1, 0.15) is 92.7 Å². The van der Waals surface area contributed by atoms with E-state index in [9.17, 15) is 33.1 Å². The number of rotatable bonds is 11. The summed E-state index contributed by atoms with van der Waals surface area (Å²) in [6.07, 6.45) is 5.34. The standard InChI is InChI=1S/C48H58F3N7O6/c1-4-48(5-2)44(58(47(48)63)40-24-31(49)23-37(51)43(40)60)35-25-36(50)39(26-41(35)64-3)56-16-12-32(13-17-56)55-20-18-53(19-21-55)27-29-10-14-54(15-11-29)33-6-7-34-30(22-33)28-57(46(34)62)38-8-9-42(59)52-45(38)61/h6-7,22-26,29,32,38,44,60H,4-5,8-21,27-28H2,1-3H3,(H,52,59,61)/t38-,44-/m0/s1. The second-order valence-electron chi connectivity index (χ2n) is 18.5. The molecule has 6 aliphatic rings. The SMILES string of the molecule is CCC1(CC)C(=O)N(c2cc(F)cc(F)c2O)[C@H]1c1cc(F)c(N2CCC(N3CCN(CC4CCN(c5ccc6c(c5)CN([C@H]5CCC(=O)NC5=O)C6=O)CC4)CC3)CC2)cc1OC. The molecular weight excluding hydrogens is 828 g/mol. The van der Waals surface area contributed by atoms with Gasteiger partial charge in [-0.15, -0.1) is 0 Å². The highest BCUT2D eigenvalue weighted by Crippen LogP contribution is 2.59. The van der Waals surface area contributed by atoms with E-state index in [-0.39, 0.29) is 23.9 Å². The number of methoxy groups -OCH3 is 1. The molecule has 13 nitrogen and oxygen atoms in total. The largest absolute Gasteiger partial charge is 0.503 e. The maximum atomic E-state index is 16.3. The van der Waals surface area contributed by atoms with Crippen molar-refractivity contribution in [1.29, 1.82) is 0 Å². The van der Waals surface area contributed by atoms with Gasteiger partial charge < -0.3 is 29.4 Å². The van der Waals surface area contributed by atoms with Gasteiger partial charge in [0, 0.05) is 113 Å². The monoisotopic (exact) mass is 885 g/mol. The topological polar surface area (TPSA) is 129 Å². The molecule has 0 unspecified atom stereocenters. The number of imide groups is 1. The van der Waals surface area contributed by atoms with Crippen molar-refractivity contribution >= 4 is 40.7 Å². The summed E-state index contributed by atoms with van der Waals surface area (Å²) in [5, 5.41) is 12.9. The van der Waals surface area contributed by atoms with Crippen LogP contribution in [0.4, 0.5) is 30.2 Å². The van der Waals surface area contributed by atoms with E-state index < -0.39 is 52.5 Å². The zero-order valence-corrected chi connectivity index (χ0v) is 36.9. The molecule has 2 N–H and O–H groups in total. The van der Waals surface area contributed by atoms with Crippen molar-refractivity contribution in [2.45, 2.75) is 89.9 Å². The summed E-state index contributed by atoms with van der Waals surface area (Å²) >= 11 is 0. The molecule has 2 atom stereocenters. The van der Waals surface area contributed by atoms with Crippen LogP contribution >= 0.6 is 0 Å². The molecular formula is C48H58F3N7O6. The number of hydrogen-bond acceptors (Lipinski definition) is 10. The number of amides is 4. The summed E-state index contributed by atoms with van der Waals surface area (Å²) in [7, 11) is 1.49. The number of fused-ring (bicyclic) bond motifs is 1. The van der Waals surface area contributed by atoms with Gasteiger partial charge >= 0.3 is 0 Å². The van der Waals surface area contributed by atoms with Gasteiger partial charge in [-0.2, -0.15) is 0 Å². The lowest BCUT2D eigenvalue weighted by Gasteiger charge is -2.56. The number of carbonyl (C=O) groups is 4. The number of hydrogen-bond donors (Lipinski definition) is 2. The van der Waals surface area contributed by atoms with Crippen molar-refractivity contribution in [3.8, 4) is 11.5 Å². The highest BCUT2D eigenvalue weighted by Gasteiger charge is 2.61. The second-order valence-corrected chi connectivity index (χ2v) is 18.5. The zero-order chi connectivity index (χ0) is 45.0. The van der Waals surface area contributed by atoms with Crippen LogP contribution in [0.15, 0.2) is 42.5 Å². The van der Waals surface area contributed by atoms with Gasteiger partial charge in [0.05, 0.1) is 29.9 Å². The molecule has 0 saturated carbocycles. The molecule has 6 aliphatic heterocycles. The van der Waals surface area contributed by atoms with Crippen LogP contribution in [0.25, 0.3) is 0 Å². The molecule has 4 amide bonds. The lowest BCUT2D eigenvalue weighted by molar-refractivity contribution is -0.141. The van der Waals surface area contributed by atoms with Crippen LogP contribution in [-0.2, 0) is 20.9 Å². The van der Waals surface area contributed by atoms with Gasteiger partial charge in [0.15, 0.2) is 11.6 Å². The van der Waals surface area contributed by atoms with E-state index in [0.717, 1.165) is 88.8 Å². The van der Waals surface area contributed by atoms with Crippen LogP contribution in [0, 0.1) is 28.8 Å². The summed E-state index contributed by atoms with van der Waals surface area (Å²) in [6, 6.07) is 9.50. The Bertz CT molecular complexity index is 2320. The predicted molar refractivity (Wildman–Crippen MR) is 235 cm³/mol. The van der Waals surface area contributed by atoms with E-state index >= 15 is 4.39 Å². The van der Waals surface area contributed by atoms with Gasteiger partial charge in [0.25, 0.3) is 5.91 Å². The molecule has 0 aliphatic carbocycles. The Labute approximate surface area is 372 Å². The number of piperidine rings is 3. The molecule has 0 bridgehead atoms. The normalized spacial score (nSPS) is 23.7. The number of nitrogens with zero attached hydrogens (tertiary/aromatic N) is 6. The third kappa shape index (κ3) is 7.73. The summed E-state index contributed by atoms with van der Waals surface area (Å²) in [5.41, 5.74) is 2.19. The summed E-state index contributed by atoms with van der Waals surface area (Å²) in [6.45, 7) is 12.4. The predicted octanol–water partition coefficient (Wildman–Crippen LogP) is 5.98. The van der Waals surface area contributed by atoms with Crippen molar-refractivity contribution in [2.24, 2.45) is 11.3 Å². The first kappa shape index (κ1) is 43.9. The van der Waals surface area contributed by atoms with E-state index in [4.69, 9.17) is 4.74 Å². The quantitative estimate of drug-likeness (QED) is 0.176. The summed E-state index contributed by atoms with van der Waals surface area (Å²) in [5.74, 6) is -3.68. The lowest BCUT2D eigenvalue weighted by Crippen LogP contribution is -2.63. The molecule has 5 saturated heterocycles. The molecule has 0 spiro atoms. The minimum atomic E-state index is -1.18. The van der Waals surface area contributed by atoms with Crippen molar-refractivity contribution in [2.75, 3.05) is 80.7 Å². The fraction of sp³-hybridized carbons (Fsp3) is 0.542. The average molecular weight is 886 g/mol. The van der Waals surface area contributed by atoms with Crippen LogP contribution in [0.2, 0.25) is 0 Å². The number of phenols is 1. The third-order valence-electron chi connectivity index (χ3n) is 15.3. The minimum absolute atomic E-state index is 0.151. The highest BCUT2D eigenvalue weighted by atomic mass is 19.1. The Morgan fingerprint density at radius 1 is 0.797 bits per heavy atom. The molecule has 3 aromatic carbocycles. The highest BCUT2D eigenvalue weighted by molar-refractivity contribution is 6.08. The number of aromatic hydroxyl groups is 1. The van der Waals surface area contributed by atoms with Gasteiger partial charge in [0.1, 0.15) is 23.4 Å². The number of carbonyl (C=O) groups excluding carboxylic acids is 4. The molecule has 9 rings (SSSR count). The average Bonchev–Trinajstić information content (AvgIpc) is 3.62. The number of halogens is 3. The molecule has 5 fully saturated rings. The van der Waals surface area contributed by atoms with Crippen molar-refractivity contribution < 1.29 is 42.2 Å². The first-order chi connectivity index (χ1) is 30.8. The number of piperazine rings is 1. The first-order valence-corrected chi connectivity index (χ1v) is 23.0. The number of anilines is 3. The Morgan fingerprint density at radius 2 is 1.50 bits per heavy atom. The third-order valence-corrected chi connectivity index (χ3v) is 15.3. The van der Waals surface area contributed by atoms with Crippen LogP contribution in [0.5, 0.6) is 11.5 Å². The number of ether oxygens (including phenoxy) is 1. The van der Waals surface area contributed by atoms with E-state index in [1.807, 2.05) is 30.9 Å².